The summed E-state index contributed by atoms with van der Waals surface area (Å²) in [5, 5.41) is 33.2. The summed E-state index contributed by atoms with van der Waals surface area (Å²) >= 11 is 0. The average Bonchev–Trinajstić information content (AvgIpc) is 3.13. The van der Waals surface area contributed by atoms with E-state index in [1.54, 1.807) is 0 Å². The third-order valence-corrected chi connectivity index (χ3v) is 11.2. The third-order valence-electron chi connectivity index (χ3n) is 11.2. The van der Waals surface area contributed by atoms with Crippen molar-refractivity contribution in [2.45, 2.75) is 103 Å². The normalized spacial score (nSPS) is 47.8. The van der Waals surface area contributed by atoms with Gasteiger partial charge in [-0.15, -0.1) is 0 Å². The van der Waals surface area contributed by atoms with Crippen molar-refractivity contribution in [1.82, 2.24) is 0 Å². The minimum absolute atomic E-state index is 0.163. The van der Waals surface area contributed by atoms with Crippen LogP contribution in [-0.2, 0) is 6.42 Å². The Balaban J connectivity index is 1.35. The highest BCUT2D eigenvalue weighted by Gasteiger charge is 2.63. The van der Waals surface area contributed by atoms with Gasteiger partial charge in [-0.25, -0.2) is 0 Å². The molecule has 10 atom stereocenters. The van der Waals surface area contributed by atoms with Gasteiger partial charge in [-0.2, -0.15) is 0 Å². The largest absolute Gasteiger partial charge is 0.393 e. The first kappa shape index (κ1) is 22.9. The Morgan fingerprint density at radius 3 is 2.31 bits per heavy atom. The molecule has 0 amide bonds. The number of hydrogen-bond donors (Lipinski definition) is 3. The molecule has 1 aromatic carbocycles. The van der Waals surface area contributed by atoms with E-state index in [2.05, 4.69) is 51.1 Å². The molecule has 0 heterocycles. The minimum atomic E-state index is -0.652. The molecule has 4 aliphatic carbocycles. The van der Waals surface area contributed by atoms with Gasteiger partial charge in [0.05, 0.1) is 17.8 Å². The van der Waals surface area contributed by atoms with Gasteiger partial charge in [0, 0.05) is 0 Å². The van der Waals surface area contributed by atoms with E-state index in [9.17, 15) is 15.3 Å². The van der Waals surface area contributed by atoms with Crippen molar-refractivity contribution >= 4 is 0 Å². The molecule has 0 aliphatic heterocycles. The van der Waals surface area contributed by atoms with Crippen LogP contribution < -0.4 is 0 Å². The van der Waals surface area contributed by atoms with Crippen molar-refractivity contribution in [3.05, 3.63) is 35.9 Å². The molecule has 0 radical (unpaired) electrons. The lowest BCUT2D eigenvalue weighted by molar-refractivity contribution is -0.179. The van der Waals surface area contributed by atoms with Gasteiger partial charge in [-0.05, 0) is 117 Å². The Kier molecular flexibility index (Phi) is 5.79. The molecular formula is C29H44O3. The topological polar surface area (TPSA) is 60.7 Å². The Bertz CT molecular complexity index is 806. The van der Waals surface area contributed by atoms with E-state index in [0.29, 0.717) is 23.7 Å². The molecule has 3 nitrogen and oxygen atoms in total. The fraction of sp³-hybridized carbons (Fsp3) is 0.793. The lowest BCUT2D eigenvalue weighted by atomic mass is 9.43. The second-order valence-electron chi connectivity index (χ2n) is 12.7. The van der Waals surface area contributed by atoms with Gasteiger partial charge in [0.15, 0.2) is 0 Å². The van der Waals surface area contributed by atoms with E-state index in [1.165, 1.54) is 24.8 Å². The van der Waals surface area contributed by atoms with Gasteiger partial charge in [0.25, 0.3) is 0 Å². The second kappa shape index (κ2) is 8.10. The summed E-state index contributed by atoms with van der Waals surface area (Å²) in [5.41, 5.74) is 0.987. The van der Waals surface area contributed by atoms with Crippen molar-refractivity contribution in [2.75, 3.05) is 0 Å². The number of hydrogen-bond acceptors (Lipinski definition) is 3. The molecular weight excluding hydrogens is 396 g/mol. The van der Waals surface area contributed by atoms with Crippen LogP contribution >= 0.6 is 0 Å². The van der Waals surface area contributed by atoms with Gasteiger partial charge >= 0.3 is 0 Å². The fourth-order valence-electron chi connectivity index (χ4n) is 9.52. The number of fused-ring (bicyclic) bond motifs is 5. The zero-order valence-corrected chi connectivity index (χ0v) is 20.3. The lowest BCUT2D eigenvalue weighted by Gasteiger charge is -2.62. The molecule has 5 rings (SSSR count). The number of aliphatic hydroxyl groups is 3. The van der Waals surface area contributed by atoms with Crippen LogP contribution in [-0.4, -0.2) is 33.1 Å². The summed E-state index contributed by atoms with van der Waals surface area (Å²) in [4.78, 5) is 0. The van der Waals surface area contributed by atoms with Crippen LogP contribution in [0.2, 0.25) is 0 Å². The second-order valence-corrected chi connectivity index (χ2v) is 12.7. The molecule has 0 saturated heterocycles. The molecule has 178 valence electrons. The van der Waals surface area contributed by atoms with Gasteiger partial charge in [-0.1, -0.05) is 44.2 Å². The predicted molar refractivity (Wildman–Crippen MR) is 128 cm³/mol. The van der Waals surface area contributed by atoms with Gasteiger partial charge < -0.3 is 15.3 Å². The van der Waals surface area contributed by atoms with Crippen LogP contribution in [0.3, 0.4) is 0 Å². The molecule has 3 N–H and O–H groups in total. The van der Waals surface area contributed by atoms with Crippen molar-refractivity contribution < 1.29 is 15.3 Å². The summed E-state index contributed by atoms with van der Waals surface area (Å²) in [5.74, 6) is 2.42. The van der Waals surface area contributed by atoms with E-state index in [4.69, 9.17) is 0 Å². The zero-order valence-electron chi connectivity index (χ0n) is 20.3. The Morgan fingerprint density at radius 2 is 1.56 bits per heavy atom. The molecule has 32 heavy (non-hydrogen) atoms. The zero-order chi connectivity index (χ0) is 22.7. The summed E-state index contributed by atoms with van der Waals surface area (Å²) in [6, 6.07) is 10.6. The number of aryl methyl sites for hydroxylation is 1. The monoisotopic (exact) mass is 440 g/mol. The molecule has 4 fully saturated rings. The van der Waals surface area contributed by atoms with Crippen LogP contribution in [0.1, 0.15) is 84.1 Å². The first-order chi connectivity index (χ1) is 15.1. The molecule has 0 aromatic heterocycles. The number of rotatable bonds is 4. The Morgan fingerprint density at radius 1 is 0.875 bits per heavy atom. The summed E-state index contributed by atoms with van der Waals surface area (Å²) < 4.78 is 0. The predicted octanol–water partition coefficient (Wildman–Crippen LogP) is 5.36. The fourth-order valence-corrected chi connectivity index (χ4v) is 9.52. The van der Waals surface area contributed by atoms with Gasteiger partial charge in [0.2, 0.25) is 0 Å². The van der Waals surface area contributed by atoms with E-state index in [0.717, 1.165) is 44.9 Å². The maximum absolute atomic E-state index is 11.7. The van der Waals surface area contributed by atoms with Crippen molar-refractivity contribution in [1.29, 1.82) is 0 Å². The maximum Gasteiger partial charge on any atom is 0.0656 e. The molecule has 1 unspecified atom stereocenters. The van der Waals surface area contributed by atoms with Crippen LogP contribution in [0.25, 0.3) is 0 Å². The van der Waals surface area contributed by atoms with Crippen molar-refractivity contribution in [3.63, 3.8) is 0 Å². The number of aliphatic hydroxyl groups excluding tert-OH is 2. The van der Waals surface area contributed by atoms with Gasteiger partial charge in [0.1, 0.15) is 0 Å². The summed E-state index contributed by atoms with van der Waals surface area (Å²) in [6.07, 6.45) is 9.58. The summed E-state index contributed by atoms with van der Waals surface area (Å²) in [6.45, 7) is 6.98. The highest BCUT2D eigenvalue weighted by Crippen LogP contribution is 2.68. The smallest absolute Gasteiger partial charge is 0.0656 e. The first-order valence-electron chi connectivity index (χ1n) is 13.3. The van der Waals surface area contributed by atoms with Gasteiger partial charge in [-0.3, -0.25) is 0 Å². The van der Waals surface area contributed by atoms with E-state index in [1.807, 2.05) is 0 Å². The number of benzene rings is 1. The maximum atomic E-state index is 11.7. The van der Waals surface area contributed by atoms with Crippen LogP contribution in [0.5, 0.6) is 0 Å². The highest BCUT2D eigenvalue weighted by atomic mass is 16.3. The molecule has 1 aromatic rings. The molecule has 0 bridgehead atoms. The standard InChI is InChI=1S/C29H44O3/c1-27-14-12-20(30)17-24(27)25(31)18-21-22-9-10-26(28(22,2)15-13-23(21)27)29(3,32)16-11-19-7-5-4-6-8-19/h4-8,20-26,30-32H,9-18H2,1-3H3/t20-,21-,22-,23-,24+,25-,26-,27+,28-,29?/m0/s1. The molecule has 0 spiro atoms. The summed E-state index contributed by atoms with van der Waals surface area (Å²) in [7, 11) is 0. The lowest BCUT2D eigenvalue weighted by Crippen LogP contribution is -2.59. The van der Waals surface area contributed by atoms with E-state index in [-0.39, 0.29) is 29.0 Å². The highest BCUT2D eigenvalue weighted by molar-refractivity contribution is 5.17. The van der Waals surface area contributed by atoms with Crippen molar-refractivity contribution in [3.8, 4) is 0 Å². The Labute approximate surface area is 194 Å². The first-order valence-corrected chi connectivity index (χ1v) is 13.3. The molecule has 4 saturated carbocycles. The van der Waals surface area contributed by atoms with Crippen molar-refractivity contribution in [2.24, 2.45) is 40.4 Å². The minimum Gasteiger partial charge on any atom is -0.393 e. The van der Waals surface area contributed by atoms with E-state index >= 15 is 0 Å². The van der Waals surface area contributed by atoms with Crippen LogP contribution in [0.15, 0.2) is 30.3 Å². The SMILES string of the molecule is CC(O)(CCc1ccccc1)[C@H]1CC[C@H]2[C@@H]3C[C@H](O)[C@H]4C[C@@H](O)CC[C@]4(C)[C@H]3CC[C@]12C. The van der Waals surface area contributed by atoms with Crippen LogP contribution in [0, 0.1) is 40.4 Å². The van der Waals surface area contributed by atoms with Crippen LogP contribution in [0.4, 0.5) is 0 Å². The van der Waals surface area contributed by atoms with E-state index < -0.39 is 5.60 Å². The quantitative estimate of drug-likeness (QED) is 0.591. The third kappa shape index (κ3) is 3.58. The molecule has 4 aliphatic rings. The average molecular weight is 441 g/mol. The Hall–Kier alpha value is -0.900. The molecule has 3 heteroatoms.